The van der Waals surface area contributed by atoms with Crippen LogP contribution >= 0.6 is 0 Å². The maximum Gasteiger partial charge on any atom is 0.125 e. The second-order valence-electron chi connectivity index (χ2n) is 5.66. The van der Waals surface area contributed by atoms with Gasteiger partial charge >= 0.3 is 0 Å². The topological polar surface area (TPSA) is 28.2 Å². The van der Waals surface area contributed by atoms with Crippen molar-refractivity contribution >= 4 is 5.82 Å². The molecule has 1 aromatic rings. The lowest BCUT2D eigenvalue weighted by molar-refractivity contribution is 0.312. The molecule has 1 unspecified atom stereocenters. The van der Waals surface area contributed by atoms with E-state index in [0.29, 0.717) is 0 Å². The van der Waals surface area contributed by atoms with E-state index in [4.69, 9.17) is 0 Å². The molecule has 1 aliphatic rings. The van der Waals surface area contributed by atoms with Crippen LogP contribution in [-0.4, -0.2) is 29.5 Å². The summed E-state index contributed by atoms with van der Waals surface area (Å²) in [5.41, 5.74) is 1.33. The molecule has 1 N–H and O–H groups in total. The summed E-state index contributed by atoms with van der Waals surface area (Å²) >= 11 is 0. The normalized spacial score (nSPS) is 19.8. The van der Waals surface area contributed by atoms with E-state index in [0.717, 1.165) is 31.2 Å². The lowest BCUT2D eigenvalue weighted by Gasteiger charge is -2.16. The zero-order chi connectivity index (χ0) is 13.5. The standard InChI is InChI=1S/C16H27N3/c1-3-5-14-8-10-19(12-14)13-15-6-7-16(18-11-15)17-9-4-2/h6-7,11,14H,3-5,8-10,12-13H2,1-2H3,(H,17,18). The number of rotatable bonds is 7. The van der Waals surface area contributed by atoms with Crippen molar-refractivity contribution in [1.82, 2.24) is 9.88 Å². The molecule has 1 saturated heterocycles. The summed E-state index contributed by atoms with van der Waals surface area (Å²) < 4.78 is 0. The van der Waals surface area contributed by atoms with Crippen LogP contribution in [0.25, 0.3) is 0 Å². The second-order valence-corrected chi connectivity index (χ2v) is 5.66. The quantitative estimate of drug-likeness (QED) is 0.814. The fourth-order valence-corrected chi connectivity index (χ4v) is 2.83. The molecule has 3 heteroatoms. The predicted octanol–water partition coefficient (Wildman–Crippen LogP) is 3.53. The van der Waals surface area contributed by atoms with Crippen LogP contribution in [0, 0.1) is 5.92 Å². The number of nitrogens with zero attached hydrogens (tertiary/aromatic N) is 2. The third-order valence-electron chi connectivity index (χ3n) is 3.85. The number of pyridine rings is 1. The van der Waals surface area contributed by atoms with Gasteiger partial charge < -0.3 is 5.32 Å². The van der Waals surface area contributed by atoms with Gasteiger partial charge in [0.15, 0.2) is 0 Å². The summed E-state index contributed by atoms with van der Waals surface area (Å²) in [7, 11) is 0. The molecule has 0 radical (unpaired) electrons. The second kappa shape index (κ2) is 7.49. The average molecular weight is 261 g/mol. The number of nitrogens with one attached hydrogen (secondary N) is 1. The predicted molar refractivity (Wildman–Crippen MR) is 81.3 cm³/mol. The molecular weight excluding hydrogens is 234 g/mol. The van der Waals surface area contributed by atoms with E-state index in [1.165, 1.54) is 37.9 Å². The van der Waals surface area contributed by atoms with Crippen LogP contribution in [0.2, 0.25) is 0 Å². The Bertz CT molecular complexity index is 361. The summed E-state index contributed by atoms with van der Waals surface area (Å²) in [5, 5.41) is 3.31. The molecule has 2 rings (SSSR count). The van der Waals surface area contributed by atoms with E-state index < -0.39 is 0 Å². The van der Waals surface area contributed by atoms with Crippen LogP contribution in [0.5, 0.6) is 0 Å². The molecule has 3 nitrogen and oxygen atoms in total. The van der Waals surface area contributed by atoms with Crippen molar-refractivity contribution in [1.29, 1.82) is 0 Å². The highest BCUT2D eigenvalue weighted by Crippen LogP contribution is 2.22. The van der Waals surface area contributed by atoms with Crippen molar-refractivity contribution in [2.75, 3.05) is 25.0 Å². The smallest absolute Gasteiger partial charge is 0.125 e. The minimum atomic E-state index is 0.920. The van der Waals surface area contributed by atoms with Gasteiger partial charge in [-0.3, -0.25) is 4.90 Å². The van der Waals surface area contributed by atoms with Crippen molar-refractivity contribution in [3.8, 4) is 0 Å². The lowest BCUT2D eigenvalue weighted by atomic mass is 10.0. The minimum Gasteiger partial charge on any atom is -0.370 e. The van der Waals surface area contributed by atoms with Gasteiger partial charge in [-0.25, -0.2) is 4.98 Å². The van der Waals surface area contributed by atoms with E-state index in [-0.39, 0.29) is 0 Å². The highest BCUT2D eigenvalue weighted by atomic mass is 15.1. The summed E-state index contributed by atoms with van der Waals surface area (Å²) in [6.45, 7) is 9.03. The van der Waals surface area contributed by atoms with Gasteiger partial charge in [-0.2, -0.15) is 0 Å². The molecule has 1 atom stereocenters. The number of anilines is 1. The van der Waals surface area contributed by atoms with Crippen LogP contribution in [0.15, 0.2) is 18.3 Å². The highest BCUT2D eigenvalue weighted by molar-refractivity contribution is 5.35. The van der Waals surface area contributed by atoms with Gasteiger partial charge in [0, 0.05) is 25.8 Å². The summed E-state index contributed by atoms with van der Waals surface area (Å²) in [6, 6.07) is 4.31. The molecular formula is C16H27N3. The van der Waals surface area contributed by atoms with Crippen molar-refractivity contribution in [2.45, 2.75) is 46.1 Å². The largest absolute Gasteiger partial charge is 0.370 e. The molecule has 0 saturated carbocycles. The number of hydrogen-bond acceptors (Lipinski definition) is 3. The third-order valence-corrected chi connectivity index (χ3v) is 3.85. The molecule has 0 aromatic carbocycles. The maximum atomic E-state index is 4.48. The Labute approximate surface area is 117 Å². The molecule has 0 amide bonds. The minimum absolute atomic E-state index is 0.920. The van der Waals surface area contributed by atoms with Crippen LogP contribution in [0.4, 0.5) is 5.82 Å². The van der Waals surface area contributed by atoms with Crippen molar-refractivity contribution in [3.05, 3.63) is 23.9 Å². The molecule has 0 aliphatic carbocycles. The van der Waals surface area contributed by atoms with Crippen LogP contribution in [0.1, 0.15) is 45.1 Å². The number of likely N-dealkylation sites (tertiary alicyclic amines) is 1. The van der Waals surface area contributed by atoms with Gasteiger partial charge in [-0.1, -0.05) is 26.3 Å². The third kappa shape index (κ3) is 4.50. The molecule has 106 valence electrons. The molecule has 0 spiro atoms. The highest BCUT2D eigenvalue weighted by Gasteiger charge is 2.21. The van der Waals surface area contributed by atoms with Crippen molar-refractivity contribution in [3.63, 3.8) is 0 Å². The molecule has 1 aliphatic heterocycles. The molecule has 19 heavy (non-hydrogen) atoms. The first kappa shape index (κ1) is 14.3. The van der Waals surface area contributed by atoms with Crippen molar-refractivity contribution < 1.29 is 0 Å². The zero-order valence-electron chi connectivity index (χ0n) is 12.4. The molecule has 1 fully saturated rings. The molecule has 2 heterocycles. The Morgan fingerprint density at radius 1 is 1.32 bits per heavy atom. The van der Waals surface area contributed by atoms with E-state index in [2.05, 4.69) is 41.2 Å². The first-order valence-corrected chi connectivity index (χ1v) is 7.73. The van der Waals surface area contributed by atoms with Gasteiger partial charge in [0.25, 0.3) is 0 Å². The van der Waals surface area contributed by atoms with Gasteiger partial charge in [-0.15, -0.1) is 0 Å². The van der Waals surface area contributed by atoms with E-state index in [1.807, 2.05) is 6.20 Å². The summed E-state index contributed by atoms with van der Waals surface area (Å²) in [4.78, 5) is 7.04. The maximum absolute atomic E-state index is 4.48. The fourth-order valence-electron chi connectivity index (χ4n) is 2.83. The Morgan fingerprint density at radius 3 is 2.89 bits per heavy atom. The molecule has 0 bridgehead atoms. The SMILES string of the molecule is CCCNc1ccc(CN2CCC(CCC)C2)cn1. The Morgan fingerprint density at radius 2 is 2.21 bits per heavy atom. The first-order valence-electron chi connectivity index (χ1n) is 7.73. The average Bonchev–Trinajstić information content (AvgIpc) is 2.86. The molecule has 1 aromatic heterocycles. The Kier molecular flexibility index (Phi) is 5.64. The summed E-state index contributed by atoms with van der Waals surface area (Å²) in [6.07, 6.45) is 7.23. The van der Waals surface area contributed by atoms with E-state index >= 15 is 0 Å². The van der Waals surface area contributed by atoms with Crippen LogP contribution < -0.4 is 5.32 Å². The Hall–Kier alpha value is -1.09. The van der Waals surface area contributed by atoms with Gasteiger partial charge in [0.2, 0.25) is 0 Å². The fraction of sp³-hybridized carbons (Fsp3) is 0.688. The van der Waals surface area contributed by atoms with Gasteiger partial charge in [0.1, 0.15) is 5.82 Å². The van der Waals surface area contributed by atoms with E-state index in [9.17, 15) is 0 Å². The van der Waals surface area contributed by atoms with Crippen LogP contribution in [-0.2, 0) is 6.54 Å². The van der Waals surface area contributed by atoms with Crippen LogP contribution in [0.3, 0.4) is 0 Å². The number of hydrogen-bond donors (Lipinski definition) is 1. The summed E-state index contributed by atoms with van der Waals surface area (Å²) in [5.74, 6) is 1.92. The monoisotopic (exact) mass is 261 g/mol. The number of aromatic nitrogens is 1. The lowest BCUT2D eigenvalue weighted by Crippen LogP contribution is -2.20. The van der Waals surface area contributed by atoms with Gasteiger partial charge in [0.05, 0.1) is 0 Å². The Balaban J connectivity index is 1.80. The van der Waals surface area contributed by atoms with E-state index in [1.54, 1.807) is 0 Å². The van der Waals surface area contributed by atoms with Gasteiger partial charge in [-0.05, 0) is 43.4 Å². The zero-order valence-corrected chi connectivity index (χ0v) is 12.4. The first-order chi connectivity index (χ1) is 9.31. The van der Waals surface area contributed by atoms with Crippen molar-refractivity contribution in [2.24, 2.45) is 5.92 Å².